The highest BCUT2D eigenvalue weighted by molar-refractivity contribution is 6.30. The summed E-state index contributed by atoms with van der Waals surface area (Å²) in [6, 6.07) is 7.10. The minimum atomic E-state index is 0.488. The van der Waals surface area contributed by atoms with Crippen LogP contribution in [-0.4, -0.2) is 19.1 Å². The molecule has 3 heteroatoms. The Bertz CT molecular complexity index is 470. The number of hydrogen-bond donors (Lipinski definition) is 1. The highest BCUT2D eigenvalue weighted by atomic mass is 35.5. The fraction of sp³-hybridized carbons (Fsp3) is 0.647. The van der Waals surface area contributed by atoms with Crippen LogP contribution in [-0.2, 0) is 6.54 Å². The molecule has 0 atom stereocenters. The smallest absolute Gasteiger partial charge is 0.0426 e. The average Bonchev–Trinajstić information content (AvgIpc) is 3.21. The van der Waals surface area contributed by atoms with Crippen LogP contribution in [0.5, 0.6) is 0 Å². The van der Waals surface area contributed by atoms with Crippen LogP contribution in [0.15, 0.2) is 18.2 Å². The van der Waals surface area contributed by atoms with Crippen molar-refractivity contribution < 1.29 is 0 Å². The van der Waals surface area contributed by atoms with E-state index in [9.17, 15) is 0 Å². The summed E-state index contributed by atoms with van der Waals surface area (Å²) in [7, 11) is 0. The molecule has 1 N–H and O–H groups in total. The van der Waals surface area contributed by atoms with Gasteiger partial charge in [0, 0.05) is 36.4 Å². The zero-order valence-corrected chi connectivity index (χ0v) is 13.3. The Morgan fingerprint density at radius 2 is 1.95 bits per heavy atom. The van der Waals surface area contributed by atoms with Crippen molar-refractivity contribution in [1.82, 2.24) is 5.32 Å². The molecule has 1 aliphatic heterocycles. The van der Waals surface area contributed by atoms with Gasteiger partial charge in [-0.2, -0.15) is 0 Å². The van der Waals surface area contributed by atoms with Crippen molar-refractivity contribution in [2.24, 2.45) is 5.41 Å². The zero-order valence-electron chi connectivity index (χ0n) is 12.6. The van der Waals surface area contributed by atoms with Gasteiger partial charge in [0.1, 0.15) is 0 Å². The highest BCUT2D eigenvalue weighted by Crippen LogP contribution is 2.34. The van der Waals surface area contributed by atoms with Crippen molar-refractivity contribution in [2.75, 3.05) is 18.0 Å². The summed E-state index contributed by atoms with van der Waals surface area (Å²) in [5.74, 6) is 0. The van der Waals surface area contributed by atoms with Crippen molar-refractivity contribution in [3.05, 3.63) is 28.8 Å². The van der Waals surface area contributed by atoms with Gasteiger partial charge in [0.05, 0.1) is 0 Å². The maximum Gasteiger partial charge on any atom is 0.0426 e. The number of nitrogens with zero attached hydrogens (tertiary/aromatic N) is 1. The Labute approximate surface area is 127 Å². The van der Waals surface area contributed by atoms with Crippen LogP contribution in [0.3, 0.4) is 0 Å². The lowest BCUT2D eigenvalue weighted by Crippen LogP contribution is -2.38. The van der Waals surface area contributed by atoms with Gasteiger partial charge in [-0.15, -0.1) is 0 Å². The summed E-state index contributed by atoms with van der Waals surface area (Å²) in [5, 5.41) is 4.47. The first kappa shape index (κ1) is 14.2. The second-order valence-corrected chi connectivity index (χ2v) is 7.52. The van der Waals surface area contributed by atoms with Crippen LogP contribution in [0.1, 0.15) is 45.1 Å². The molecule has 2 aliphatic rings. The van der Waals surface area contributed by atoms with E-state index in [0.29, 0.717) is 5.41 Å². The van der Waals surface area contributed by atoms with E-state index < -0.39 is 0 Å². The Hall–Kier alpha value is -0.730. The molecule has 2 nitrogen and oxygen atoms in total. The van der Waals surface area contributed by atoms with Crippen molar-refractivity contribution in [3.8, 4) is 0 Å². The molecule has 0 radical (unpaired) electrons. The highest BCUT2D eigenvalue weighted by Gasteiger charge is 2.27. The van der Waals surface area contributed by atoms with Gasteiger partial charge in [-0.1, -0.05) is 31.5 Å². The van der Waals surface area contributed by atoms with E-state index in [2.05, 4.69) is 36.2 Å². The predicted molar refractivity (Wildman–Crippen MR) is 86.5 cm³/mol. The second kappa shape index (κ2) is 5.57. The van der Waals surface area contributed by atoms with Crippen molar-refractivity contribution >= 4 is 17.3 Å². The molecule has 110 valence electrons. The Kier molecular flexibility index (Phi) is 3.96. The van der Waals surface area contributed by atoms with Gasteiger partial charge in [-0.25, -0.2) is 0 Å². The summed E-state index contributed by atoms with van der Waals surface area (Å²) in [6.07, 6.45) is 5.19. The predicted octanol–water partition coefficient (Wildman–Crippen LogP) is 4.22. The molecule has 1 aromatic rings. The fourth-order valence-electron chi connectivity index (χ4n) is 2.88. The van der Waals surface area contributed by atoms with Gasteiger partial charge in [0.25, 0.3) is 0 Å². The minimum absolute atomic E-state index is 0.488. The molecule has 20 heavy (non-hydrogen) atoms. The first-order chi connectivity index (χ1) is 9.53. The molecule has 1 saturated heterocycles. The maximum atomic E-state index is 6.22. The van der Waals surface area contributed by atoms with E-state index >= 15 is 0 Å². The van der Waals surface area contributed by atoms with Crippen molar-refractivity contribution in [1.29, 1.82) is 0 Å². The third-order valence-corrected chi connectivity index (χ3v) is 4.90. The van der Waals surface area contributed by atoms with Crippen LogP contribution in [0.4, 0.5) is 5.69 Å². The number of rotatable bonds is 4. The van der Waals surface area contributed by atoms with Crippen molar-refractivity contribution in [3.63, 3.8) is 0 Å². The van der Waals surface area contributed by atoms with E-state index in [1.165, 1.54) is 36.9 Å². The summed E-state index contributed by atoms with van der Waals surface area (Å²) in [6.45, 7) is 8.00. The topological polar surface area (TPSA) is 15.3 Å². The van der Waals surface area contributed by atoms with Crippen LogP contribution < -0.4 is 10.2 Å². The standard InChI is InChI=1S/C17H25ClN2/c1-17(2)7-9-20(10-8-17)16-11-14(18)4-3-13(16)12-19-15-5-6-15/h3-4,11,15,19H,5-10,12H2,1-2H3. The van der Waals surface area contributed by atoms with Gasteiger partial charge in [0.2, 0.25) is 0 Å². The lowest BCUT2D eigenvalue weighted by molar-refractivity contribution is 0.279. The molecule has 0 bridgehead atoms. The molecular formula is C17H25ClN2. The van der Waals surface area contributed by atoms with E-state index in [0.717, 1.165) is 30.7 Å². The number of hydrogen-bond acceptors (Lipinski definition) is 2. The molecule has 1 saturated carbocycles. The third-order valence-electron chi connectivity index (χ3n) is 4.66. The molecule has 1 aliphatic carbocycles. The van der Waals surface area contributed by atoms with Gasteiger partial charge in [-0.05, 0) is 48.8 Å². The van der Waals surface area contributed by atoms with E-state index in [1.807, 2.05) is 6.07 Å². The third kappa shape index (κ3) is 3.48. The molecule has 2 fully saturated rings. The fourth-order valence-corrected chi connectivity index (χ4v) is 3.04. The quantitative estimate of drug-likeness (QED) is 0.894. The van der Waals surface area contributed by atoms with E-state index in [4.69, 9.17) is 11.6 Å². The molecule has 0 amide bonds. The normalized spacial score (nSPS) is 22.1. The van der Waals surface area contributed by atoms with Crippen LogP contribution in [0.2, 0.25) is 5.02 Å². The van der Waals surface area contributed by atoms with Crippen LogP contribution >= 0.6 is 11.6 Å². The zero-order chi connectivity index (χ0) is 14.2. The lowest BCUT2D eigenvalue weighted by atomic mass is 9.82. The number of nitrogens with one attached hydrogen (secondary N) is 1. The molecular weight excluding hydrogens is 268 g/mol. The summed E-state index contributed by atoms with van der Waals surface area (Å²) >= 11 is 6.22. The second-order valence-electron chi connectivity index (χ2n) is 7.08. The average molecular weight is 293 g/mol. The first-order valence-electron chi connectivity index (χ1n) is 7.80. The minimum Gasteiger partial charge on any atom is -0.371 e. The summed E-state index contributed by atoms with van der Waals surface area (Å²) < 4.78 is 0. The van der Waals surface area contributed by atoms with Crippen LogP contribution in [0, 0.1) is 5.41 Å². The first-order valence-corrected chi connectivity index (χ1v) is 8.18. The summed E-state index contributed by atoms with van der Waals surface area (Å²) in [5.41, 5.74) is 3.21. The molecule has 1 aromatic carbocycles. The van der Waals surface area contributed by atoms with Gasteiger partial charge < -0.3 is 10.2 Å². The van der Waals surface area contributed by atoms with E-state index in [-0.39, 0.29) is 0 Å². The molecule has 3 rings (SSSR count). The number of benzene rings is 1. The Morgan fingerprint density at radius 3 is 2.60 bits per heavy atom. The maximum absolute atomic E-state index is 6.22. The van der Waals surface area contributed by atoms with Gasteiger partial charge in [-0.3, -0.25) is 0 Å². The van der Waals surface area contributed by atoms with E-state index in [1.54, 1.807) is 0 Å². The van der Waals surface area contributed by atoms with Crippen molar-refractivity contribution in [2.45, 2.75) is 52.1 Å². The SMILES string of the molecule is CC1(C)CCN(c2cc(Cl)ccc2CNC2CC2)CC1. The molecule has 0 aromatic heterocycles. The lowest BCUT2D eigenvalue weighted by Gasteiger charge is -2.39. The van der Waals surface area contributed by atoms with Crippen LogP contribution in [0.25, 0.3) is 0 Å². The van der Waals surface area contributed by atoms with Gasteiger partial charge in [0.15, 0.2) is 0 Å². The Morgan fingerprint density at radius 1 is 1.25 bits per heavy atom. The number of piperidine rings is 1. The van der Waals surface area contributed by atoms with Gasteiger partial charge >= 0.3 is 0 Å². The molecule has 1 heterocycles. The number of anilines is 1. The summed E-state index contributed by atoms with van der Waals surface area (Å²) in [4.78, 5) is 2.51. The number of halogens is 1. The molecule has 0 spiro atoms. The monoisotopic (exact) mass is 292 g/mol. The largest absolute Gasteiger partial charge is 0.371 e. The Balaban J connectivity index is 1.74. The molecule has 0 unspecified atom stereocenters.